The second-order valence-electron chi connectivity index (χ2n) is 11.0. The molecule has 0 saturated heterocycles. The molecule has 0 spiro atoms. The first-order chi connectivity index (χ1) is 16.0. The first-order valence-electron chi connectivity index (χ1n) is 11.8. The Morgan fingerprint density at radius 2 is 1.71 bits per heavy atom. The van der Waals surface area contributed by atoms with E-state index in [2.05, 4.69) is 24.1 Å². The lowest BCUT2D eigenvalue weighted by atomic mass is 9.89. The molecule has 3 aliphatic rings. The van der Waals surface area contributed by atoms with E-state index >= 15 is 0 Å². The molecule has 4 atom stereocenters. The summed E-state index contributed by atoms with van der Waals surface area (Å²) in [5.41, 5.74) is 14.1. The van der Waals surface area contributed by atoms with Gasteiger partial charge in [-0.3, -0.25) is 14.4 Å². The van der Waals surface area contributed by atoms with E-state index in [1.807, 2.05) is 4.57 Å². The van der Waals surface area contributed by atoms with Gasteiger partial charge in [-0.25, -0.2) is 4.98 Å². The minimum Gasteiger partial charge on any atom is -0.369 e. The summed E-state index contributed by atoms with van der Waals surface area (Å²) in [6.07, 6.45) is 5.42. The fourth-order valence-electron chi connectivity index (χ4n) is 6.34. The molecular weight excluding hydrogens is 454 g/mol. The molecule has 180 valence electrons. The number of hydrogen-bond acceptors (Lipinski definition) is 4. The fourth-order valence-corrected chi connectivity index (χ4v) is 6.54. The van der Waals surface area contributed by atoms with Crippen LogP contribution >= 0.6 is 11.6 Å². The molecule has 2 aromatic heterocycles. The van der Waals surface area contributed by atoms with Gasteiger partial charge >= 0.3 is 0 Å². The number of fused-ring (bicyclic) bond motifs is 2. The molecule has 1 aliphatic heterocycles. The minimum absolute atomic E-state index is 0.000155. The van der Waals surface area contributed by atoms with Crippen LogP contribution in [0.2, 0.25) is 5.02 Å². The highest BCUT2D eigenvalue weighted by molar-refractivity contribution is 6.33. The number of carbonyl (C=O) groups excluding carboxylic acids is 3. The maximum absolute atomic E-state index is 13.0. The quantitative estimate of drug-likeness (QED) is 0.601. The van der Waals surface area contributed by atoms with Gasteiger partial charge in [0.2, 0.25) is 11.8 Å². The van der Waals surface area contributed by atoms with Crippen molar-refractivity contribution in [2.75, 3.05) is 5.32 Å². The number of nitrogens with zero attached hydrogens (tertiary/aromatic N) is 2. The van der Waals surface area contributed by atoms with E-state index in [1.54, 1.807) is 12.1 Å². The van der Waals surface area contributed by atoms with Crippen LogP contribution in [-0.4, -0.2) is 27.3 Å². The van der Waals surface area contributed by atoms with Crippen LogP contribution in [0.5, 0.6) is 0 Å². The number of aromatic nitrogens is 2. The highest BCUT2D eigenvalue weighted by Gasteiger charge is 2.45. The summed E-state index contributed by atoms with van der Waals surface area (Å²) in [4.78, 5) is 40.9. The SMILES string of the molecule is CC1(C)Cc2c(-c3cc(NC(=O)C4C[C@H]5CC(C(N)=O)C[C@H]5C4)ncc3Cl)cc(C(N)=O)n2C1. The number of anilines is 1. The average Bonchev–Trinajstić information content (AvgIpc) is 3.46. The van der Waals surface area contributed by atoms with E-state index in [4.69, 9.17) is 23.1 Å². The van der Waals surface area contributed by atoms with Crippen molar-refractivity contribution in [3.05, 3.63) is 34.7 Å². The number of amides is 3. The molecule has 2 saturated carbocycles. The third-order valence-electron chi connectivity index (χ3n) is 7.88. The summed E-state index contributed by atoms with van der Waals surface area (Å²) >= 11 is 6.52. The predicted molar refractivity (Wildman–Crippen MR) is 129 cm³/mol. The molecule has 2 unspecified atom stereocenters. The lowest BCUT2D eigenvalue weighted by Crippen LogP contribution is -2.24. The zero-order valence-corrected chi connectivity index (χ0v) is 20.2. The third kappa shape index (κ3) is 3.98. The van der Waals surface area contributed by atoms with Crippen molar-refractivity contribution < 1.29 is 14.4 Å². The van der Waals surface area contributed by atoms with Crippen molar-refractivity contribution in [2.24, 2.45) is 40.6 Å². The van der Waals surface area contributed by atoms with Gasteiger partial charge in [0.25, 0.3) is 5.91 Å². The monoisotopic (exact) mass is 483 g/mol. The second kappa shape index (κ2) is 8.12. The molecule has 5 N–H and O–H groups in total. The van der Waals surface area contributed by atoms with E-state index in [1.165, 1.54) is 6.20 Å². The zero-order valence-electron chi connectivity index (χ0n) is 19.4. The number of carbonyl (C=O) groups is 3. The summed E-state index contributed by atoms with van der Waals surface area (Å²) in [6.45, 7) is 5.00. The van der Waals surface area contributed by atoms with Crippen LogP contribution in [0.25, 0.3) is 11.1 Å². The lowest BCUT2D eigenvalue weighted by Gasteiger charge is -2.16. The Morgan fingerprint density at radius 3 is 2.32 bits per heavy atom. The Labute approximate surface area is 203 Å². The first-order valence-corrected chi connectivity index (χ1v) is 12.2. The van der Waals surface area contributed by atoms with Crippen LogP contribution in [0.1, 0.15) is 55.7 Å². The van der Waals surface area contributed by atoms with E-state index in [0.717, 1.165) is 43.4 Å². The third-order valence-corrected chi connectivity index (χ3v) is 8.18. The standard InChI is InChI=1S/C25H30ClN5O3/c1-25(2)9-20-17(7-19(23(28)33)31(20)11-25)16-8-21(29-10-18(16)26)30-24(34)15-5-12-3-14(22(27)32)4-13(12)6-15/h7-8,10,12-15H,3-6,9,11H2,1-2H3,(H2,27,32)(H2,28,33)(H,29,30,34)/t12-,13+,14?,15?. The summed E-state index contributed by atoms with van der Waals surface area (Å²) in [7, 11) is 0. The van der Waals surface area contributed by atoms with Crippen molar-refractivity contribution in [3.8, 4) is 11.1 Å². The number of hydrogen-bond donors (Lipinski definition) is 3. The fraction of sp³-hybridized carbons (Fsp3) is 0.520. The normalized spacial score (nSPS) is 26.8. The molecule has 3 heterocycles. The molecule has 8 nitrogen and oxygen atoms in total. The van der Waals surface area contributed by atoms with Crippen LogP contribution in [0.4, 0.5) is 5.82 Å². The Hall–Kier alpha value is -2.87. The molecular formula is C25H30ClN5O3. The highest BCUT2D eigenvalue weighted by Crippen LogP contribution is 2.49. The summed E-state index contributed by atoms with van der Waals surface area (Å²) < 4.78 is 1.98. The molecule has 0 radical (unpaired) electrons. The number of nitrogens with one attached hydrogen (secondary N) is 1. The van der Waals surface area contributed by atoms with Crippen LogP contribution < -0.4 is 16.8 Å². The van der Waals surface area contributed by atoms with E-state index < -0.39 is 5.91 Å². The number of halogens is 1. The van der Waals surface area contributed by atoms with Gasteiger partial charge in [0, 0.05) is 41.4 Å². The van der Waals surface area contributed by atoms with Gasteiger partial charge in [0.15, 0.2) is 0 Å². The second-order valence-corrected chi connectivity index (χ2v) is 11.4. The van der Waals surface area contributed by atoms with Crippen LogP contribution in [-0.2, 0) is 22.6 Å². The van der Waals surface area contributed by atoms with Gasteiger partial charge in [-0.15, -0.1) is 0 Å². The first kappa shape index (κ1) is 22.9. The maximum Gasteiger partial charge on any atom is 0.265 e. The van der Waals surface area contributed by atoms with Gasteiger partial charge in [-0.1, -0.05) is 25.4 Å². The topological polar surface area (TPSA) is 133 Å². The largest absolute Gasteiger partial charge is 0.369 e. The smallest absolute Gasteiger partial charge is 0.265 e. The molecule has 34 heavy (non-hydrogen) atoms. The summed E-state index contributed by atoms with van der Waals surface area (Å²) in [6, 6.07) is 3.55. The van der Waals surface area contributed by atoms with Crippen molar-refractivity contribution in [1.29, 1.82) is 0 Å². The van der Waals surface area contributed by atoms with Gasteiger partial charge in [0.1, 0.15) is 11.5 Å². The Kier molecular flexibility index (Phi) is 5.47. The number of nitrogens with two attached hydrogens (primary N) is 2. The number of primary amides is 2. The van der Waals surface area contributed by atoms with Gasteiger partial charge in [-0.05, 0) is 61.5 Å². The Balaban J connectivity index is 1.36. The van der Waals surface area contributed by atoms with Gasteiger partial charge in [-0.2, -0.15) is 0 Å². The molecule has 2 aromatic rings. The highest BCUT2D eigenvalue weighted by atomic mass is 35.5. The van der Waals surface area contributed by atoms with Gasteiger partial charge < -0.3 is 21.4 Å². The molecule has 9 heteroatoms. The number of rotatable bonds is 5. The lowest BCUT2D eigenvalue weighted by molar-refractivity contribution is -0.121. The zero-order chi connectivity index (χ0) is 24.4. The average molecular weight is 484 g/mol. The van der Waals surface area contributed by atoms with Crippen LogP contribution in [0.15, 0.2) is 18.3 Å². The van der Waals surface area contributed by atoms with E-state index in [-0.39, 0.29) is 29.1 Å². The van der Waals surface area contributed by atoms with Gasteiger partial charge in [0.05, 0.1) is 5.02 Å². The molecule has 0 aromatic carbocycles. The summed E-state index contributed by atoms with van der Waals surface area (Å²) in [5, 5.41) is 3.40. The molecule has 3 amide bonds. The van der Waals surface area contributed by atoms with Crippen molar-refractivity contribution in [1.82, 2.24) is 9.55 Å². The molecule has 5 rings (SSSR count). The predicted octanol–water partition coefficient (Wildman–Crippen LogP) is 3.36. The Bertz CT molecular complexity index is 1190. The van der Waals surface area contributed by atoms with Crippen molar-refractivity contribution in [2.45, 2.75) is 52.5 Å². The van der Waals surface area contributed by atoms with Crippen LogP contribution in [0.3, 0.4) is 0 Å². The number of pyridine rings is 1. The van der Waals surface area contributed by atoms with E-state index in [9.17, 15) is 14.4 Å². The minimum atomic E-state index is -0.478. The Morgan fingerprint density at radius 1 is 1.06 bits per heavy atom. The van der Waals surface area contributed by atoms with E-state index in [0.29, 0.717) is 40.5 Å². The van der Waals surface area contributed by atoms with Crippen molar-refractivity contribution in [3.63, 3.8) is 0 Å². The summed E-state index contributed by atoms with van der Waals surface area (Å²) in [5.74, 6) is 0.247. The molecule has 0 bridgehead atoms. The van der Waals surface area contributed by atoms with Crippen LogP contribution in [0, 0.1) is 29.1 Å². The molecule has 2 aliphatic carbocycles. The molecule has 2 fully saturated rings. The maximum atomic E-state index is 13.0. The van der Waals surface area contributed by atoms with Crippen molar-refractivity contribution >= 4 is 35.1 Å².